The first-order valence-corrected chi connectivity index (χ1v) is 7.01. The van der Waals surface area contributed by atoms with E-state index >= 15 is 0 Å². The zero-order valence-electron chi connectivity index (χ0n) is 11.9. The number of Topliss-reactive ketones (excluding diaryl/α,β-unsaturated/α-hetero) is 1. The summed E-state index contributed by atoms with van der Waals surface area (Å²) in [6, 6.07) is 12.0. The SMILES string of the molecule is COC(=O)[C@@H](CC(=O)c1ccc(Cl)cc1)c1cccc(F)c1. The predicted molar refractivity (Wildman–Crippen MR) is 81.6 cm³/mol. The second-order valence-electron chi connectivity index (χ2n) is 4.76. The van der Waals surface area contributed by atoms with Crippen LogP contribution >= 0.6 is 11.6 Å². The van der Waals surface area contributed by atoms with Crippen LogP contribution in [0.1, 0.15) is 28.3 Å². The van der Waals surface area contributed by atoms with Crippen molar-refractivity contribution < 1.29 is 18.7 Å². The molecule has 0 amide bonds. The van der Waals surface area contributed by atoms with Crippen LogP contribution in [0.3, 0.4) is 0 Å². The van der Waals surface area contributed by atoms with Gasteiger partial charge in [0.1, 0.15) is 5.82 Å². The lowest BCUT2D eigenvalue weighted by atomic mass is 9.91. The maximum Gasteiger partial charge on any atom is 0.313 e. The molecule has 0 aliphatic heterocycles. The number of methoxy groups -OCH3 is 1. The van der Waals surface area contributed by atoms with E-state index in [1.807, 2.05) is 0 Å². The number of esters is 1. The van der Waals surface area contributed by atoms with Crippen molar-refractivity contribution in [3.63, 3.8) is 0 Å². The molecule has 0 aromatic heterocycles. The van der Waals surface area contributed by atoms with Crippen LogP contribution in [-0.2, 0) is 9.53 Å². The third kappa shape index (κ3) is 3.92. The maximum atomic E-state index is 13.3. The molecule has 0 aliphatic rings. The Hall–Kier alpha value is -2.20. The molecule has 2 rings (SSSR count). The monoisotopic (exact) mass is 320 g/mol. The number of halogens is 2. The van der Waals surface area contributed by atoms with Crippen molar-refractivity contribution in [1.29, 1.82) is 0 Å². The van der Waals surface area contributed by atoms with E-state index in [-0.39, 0.29) is 12.2 Å². The smallest absolute Gasteiger partial charge is 0.313 e. The Balaban J connectivity index is 2.25. The van der Waals surface area contributed by atoms with Gasteiger partial charge in [0, 0.05) is 17.0 Å². The summed E-state index contributed by atoms with van der Waals surface area (Å²) >= 11 is 5.78. The van der Waals surface area contributed by atoms with Crippen LogP contribution in [0, 0.1) is 5.82 Å². The number of benzene rings is 2. The molecule has 0 unspecified atom stereocenters. The number of carbonyl (C=O) groups is 2. The molecule has 0 N–H and O–H groups in total. The van der Waals surface area contributed by atoms with Gasteiger partial charge in [-0.2, -0.15) is 0 Å². The molecular formula is C17H14ClFO3. The molecule has 3 nitrogen and oxygen atoms in total. The summed E-state index contributed by atoms with van der Waals surface area (Å²) < 4.78 is 18.1. The predicted octanol–water partition coefficient (Wildman–Crippen LogP) is 4.01. The van der Waals surface area contributed by atoms with Crippen molar-refractivity contribution >= 4 is 23.4 Å². The van der Waals surface area contributed by atoms with E-state index in [1.165, 1.54) is 25.3 Å². The lowest BCUT2D eigenvalue weighted by molar-refractivity contribution is -0.142. The maximum absolute atomic E-state index is 13.3. The summed E-state index contributed by atoms with van der Waals surface area (Å²) in [6.45, 7) is 0. The van der Waals surface area contributed by atoms with Gasteiger partial charge in [-0.15, -0.1) is 0 Å². The fraction of sp³-hybridized carbons (Fsp3) is 0.176. The Labute approximate surface area is 132 Å². The molecule has 0 bridgehead atoms. The van der Waals surface area contributed by atoms with Gasteiger partial charge < -0.3 is 4.74 Å². The number of ether oxygens (including phenoxy) is 1. The van der Waals surface area contributed by atoms with Crippen LogP contribution in [0.2, 0.25) is 5.02 Å². The number of rotatable bonds is 5. The average molecular weight is 321 g/mol. The van der Waals surface area contributed by atoms with E-state index in [1.54, 1.807) is 30.3 Å². The normalized spacial score (nSPS) is 11.8. The fourth-order valence-electron chi connectivity index (χ4n) is 2.14. The third-order valence-electron chi connectivity index (χ3n) is 3.29. The second kappa shape index (κ2) is 7.18. The zero-order chi connectivity index (χ0) is 16.1. The Bertz CT molecular complexity index is 683. The van der Waals surface area contributed by atoms with Crippen LogP contribution in [0.15, 0.2) is 48.5 Å². The van der Waals surface area contributed by atoms with E-state index in [0.29, 0.717) is 16.1 Å². The molecule has 0 spiro atoms. The molecule has 2 aromatic carbocycles. The highest BCUT2D eigenvalue weighted by molar-refractivity contribution is 6.30. The molecule has 1 atom stereocenters. The highest BCUT2D eigenvalue weighted by Gasteiger charge is 2.25. The summed E-state index contributed by atoms with van der Waals surface area (Å²) in [6.07, 6.45) is -0.0994. The van der Waals surface area contributed by atoms with Crippen molar-refractivity contribution in [3.8, 4) is 0 Å². The van der Waals surface area contributed by atoms with Crippen molar-refractivity contribution in [2.24, 2.45) is 0 Å². The molecule has 114 valence electrons. The summed E-state index contributed by atoms with van der Waals surface area (Å²) in [5.41, 5.74) is 0.851. The van der Waals surface area contributed by atoms with Crippen molar-refractivity contribution in [2.75, 3.05) is 7.11 Å². The van der Waals surface area contributed by atoms with E-state index < -0.39 is 17.7 Å². The number of hydrogen-bond donors (Lipinski definition) is 0. The first kappa shape index (κ1) is 16.2. The zero-order valence-corrected chi connectivity index (χ0v) is 12.6. The fourth-order valence-corrected chi connectivity index (χ4v) is 2.27. The molecular weight excluding hydrogens is 307 g/mol. The van der Waals surface area contributed by atoms with Gasteiger partial charge >= 0.3 is 5.97 Å². The van der Waals surface area contributed by atoms with Gasteiger partial charge in [0.25, 0.3) is 0 Å². The highest BCUT2D eigenvalue weighted by Crippen LogP contribution is 2.24. The summed E-state index contributed by atoms with van der Waals surface area (Å²) in [4.78, 5) is 24.2. The minimum Gasteiger partial charge on any atom is -0.469 e. The largest absolute Gasteiger partial charge is 0.469 e. The molecule has 0 saturated carbocycles. The lowest BCUT2D eigenvalue weighted by Gasteiger charge is -2.14. The molecule has 0 radical (unpaired) electrons. The van der Waals surface area contributed by atoms with Gasteiger partial charge in [-0.1, -0.05) is 23.7 Å². The quantitative estimate of drug-likeness (QED) is 0.617. The second-order valence-corrected chi connectivity index (χ2v) is 5.20. The Morgan fingerprint density at radius 1 is 1.18 bits per heavy atom. The molecule has 0 fully saturated rings. The number of carbonyl (C=O) groups excluding carboxylic acids is 2. The molecule has 22 heavy (non-hydrogen) atoms. The molecule has 2 aromatic rings. The van der Waals surface area contributed by atoms with Gasteiger partial charge in [-0.3, -0.25) is 9.59 Å². The Kier molecular flexibility index (Phi) is 5.28. The van der Waals surface area contributed by atoms with Crippen LogP contribution in [0.4, 0.5) is 4.39 Å². The molecule has 0 aliphatic carbocycles. The summed E-state index contributed by atoms with van der Waals surface area (Å²) in [5.74, 6) is -2.13. The minimum atomic E-state index is -0.844. The number of hydrogen-bond acceptors (Lipinski definition) is 3. The van der Waals surface area contributed by atoms with E-state index in [4.69, 9.17) is 16.3 Å². The van der Waals surface area contributed by atoms with Gasteiger partial charge in [0.15, 0.2) is 5.78 Å². The molecule has 0 saturated heterocycles. The summed E-state index contributed by atoms with van der Waals surface area (Å²) in [7, 11) is 1.24. The Morgan fingerprint density at radius 2 is 1.86 bits per heavy atom. The lowest BCUT2D eigenvalue weighted by Crippen LogP contribution is -2.18. The topological polar surface area (TPSA) is 43.4 Å². The van der Waals surface area contributed by atoms with Crippen LogP contribution in [0.25, 0.3) is 0 Å². The van der Waals surface area contributed by atoms with Crippen LogP contribution in [0.5, 0.6) is 0 Å². The van der Waals surface area contributed by atoms with E-state index in [0.717, 1.165) is 0 Å². The van der Waals surface area contributed by atoms with Gasteiger partial charge in [-0.25, -0.2) is 4.39 Å². The summed E-state index contributed by atoms with van der Waals surface area (Å²) in [5, 5.41) is 0.520. The highest BCUT2D eigenvalue weighted by atomic mass is 35.5. The van der Waals surface area contributed by atoms with Gasteiger partial charge in [0.2, 0.25) is 0 Å². The number of ketones is 1. The van der Waals surface area contributed by atoms with E-state index in [2.05, 4.69) is 0 Å². The van der Waals surface area contributed by atoms with Crippen molar-refractivity contribution in [2.45, 2.75) is 12.3 Å². The van der Waals surface area contributed by atoms with Gasteiger partial charge in [-0.05, 0) is 42.0 Å². The van der Waals surface area contributed by atoms with E-state index in [9.17, 15) is 14.0 Å². The molecule has 0 heterocycles. The van der Waals surface area contributed by atoms with Crippen molar-refractivity contribution in [1.82, 2.24) is 0 Å². The van der Waals surface area contributed by atoms with Crippen LogP contribution in [-0.4, -0.2) is 18.9 Å². The van der Waals surface area contributed by atoms with Crippen LogP contribution < -0.4 is 0 Å². The average Bonchev–Trinajstić information content (AvgIpc) is 2.52. The first-order chi connectivity index (χ1) is 10.5. The standard InChI is InChI=1S/C17H14ClFO3/c1-22-17(21)15(12-3-2-4-14(19)9-12)10-16(20)11-5-7-13(18)8-6-11/h2-9,15H,10H2,1H3/t15-/m0/s1. The van der Waals surface area contributed by atoms with Gasteiger partial charge in [0.05, 0.1) is 13.0 Å². The van der Waals surface area contributed by atoms with Crippen molar-refractivity contribution in [3.05, 3.63) is 70.5 Å². The third-order valence-corrected chi connectivity index (χ3v) is 3.54. The Morgan fingerprint density at radius 3 is 2.45 bits per heavy atom. The minimum absolute atomic E-state index is 0.0994. The molecule has 5 heteroatoms. The first-order valence-electron chi connectivity index (χ1n) is 6.63.